The molecule has 2 aliphatic heterocycles. The van der Waals surface area contributed by atoms with Crippen LogP contribution in [0.5, 0.6) is 11.5 Å². The minimum absolute atomic E-state index is 0.0150. The fourth-order valence-corrected chi connectivity index (χ4v) is 5.39. The first-order valence-corrected chi connectivity index (χ1v) is 12.7. The second kappa shape index (κ2) is 11.3. The van der Waals surface area contributed by atoms with Gasteiger partial charge in [-0.1, -0.05) is 36.0 Å². The topological polar surface area (TPSA) is 37.4 Å². The van der Waals surface area contributed by atoms with Crippen molar-refractivity contribution in [2.24, 2.45) is 0 Å². The molecular formula is C26H35N3O3S. The molecule has 6 nitrogen and oxygen atoms in total. The van der Waals surface area contributed by atoms with Crippen LogP contribution in [0.15, 0.2) is 47.9 Å². The number of piperazine rings is 1. The first-order chi connectivity index (χ1) is 16.1. The zero-order chi connectivity index (χ0) is 23.2. The molecule has 1 atom stereocenters. The second-order valence-corrected chi connectivity index (χ2v) is 9.31. The van der Waals surface area contributed by atoms with Crippen LogP contribution in [0, 0.1) is 0 Å². The van der Waals surface area contributed by atoms with Gasteiger partial charge in [0.25, 0.3) is 0 Å². The summed E-state index contributed by atoms with van der Waals surface area (Å²) in [5.74, 6) is 1.55. The molecule has 0 bridgehead atoms. The fourth-order valence-electron chi connectivity index (χ4n) is 4.28. The molecule has 0 saturated carbocycles. The highest BCUT2D eigenvalue weighted by Gasteiger charge is 2.30. The molecule has 0 spiro atoms. The van der Waals surface area contributed by atoms with Crippen LogP contribution in [-0.2, 0) is 11.4 Å². The SMILES string of the molecule is CCOc1ccc(C2SC=C(c3cccc(CN4CCN(C)CC4)c3)N2OC)cc1OCC. The van der Waals surface area contributed by atoms with E-state index in [4.69, 9.17) is 14.3 Å². The van der Waals surface area contributed by atoms with Crippen molar-refractivity contribution in [3.05, 3.63) is 64.6 Å². The van der Waals surface area contributed by atoms with Gasteiger partial charge in [0.15, 0.2) is 11.5 Å². The first kappa shape index (κ1) is 24.0. The van der Waals surface area contributed by atoms with Crippen molar-refractivity contribution in [3.8, 4) is 11.5 Å². The van der Waals surface area contributed by atoms with Gasteiger partial charge in [-0.25, -0.2) is 5.06 Å². The lowest BCUT2D eigenvalue weighted by Crippen LogP contribution is -2.43. The maximum absolute atomic E-state index is 5.88. The van der Waals surface area contributed by atoms with Crippen LogP contribution in [0.4, 0.5) is 0 Å². The Morgan fingerprint density at radius 2 is 1.70 bits per heavy atom. The number of likely N-dealkylation sites (N-methyl/N-ethyl adjacent to an activating group) is 1. The Bertz CT molecular complexity index is 960. The molecule has 1 unspecified atom stereocenters. The fraction of sp³-hybridized carbons (Fsp3) is 0.462. The highest BCUT2D eigenvalue weighted by molar-refractivity contribution is 8.02. The molecule has 2 aliphatic rings. The first-order valence-electron chi connectivity index (χ1n) is 11.7. The van der Waals surface area contributed by atoms with Gasteiger partial charge in [0, 0.05) is 38.3 Å². The Morgan fingerprint density at radius 1 is 0.939 bits per heavy atom. The quantitative estimate of drug-likeness (QED) is 0.520. The second-order valence-electron chi connectivity index (χ2n) is 8.35. The van der Waals surface area contributed by atoms with E-state index >= 15 is 0 Å². The van der Waals surface area contributed by atoms with Gasteiger partial charge in [0.1, 0.15) is 5.37 Å². The predicted molar refractivity (Wildman–Crippen MR) is 135 cm³/mol. The van der Waals surface area contributed by atoms with Crippen molar-refractivity contribution < 1.29 is 14.3 Å². The van der Waals surface area contributed by atoms with E-state index in [1.54, 1.807) is 18.9 Å². The lowest BCUT2D eigenvalue weighted by molar-refractivity contribution is -0.0837. The van der Waals surface area contributed by atoms with E-state index in [2.05, 4.69) is 58.7 Å². The molecule has 7 heteroatoms. The van der Waals surface area contributed by atoms with Crippen LogP contribution in [0.1, 0.15) is 35.9 Å². The molecule has 2 aromatic rings. The van der Waals surface area contributed by atoms with Gasteiger partial charge in [0.05, 0.1) is 26.0 Å². The highest BCUT2D eigenvalue weighted by Crippen LogP contribution is 2.47. The highest BCUT2D eigenvalue weighted by atomic mass is 32.2. The minimum Gasteiger partial charge on any atom is -0.490 e. The lowest BCUT2D eigenvalue weighted by atomic mass is 10.1. The molecule has 0 aliphatic carbocycles. The number of thioether (sulfide) groups is 1. The van der Waals surface area contributed by atoms with Gasteiger partial charge in [0.2, 0.25) is 0 Å². The summed E-state index contributed by atoms with van der Waals surface area (Å²) in [5.41, 5.74) is 4.71. The summed E-state index contributed by atoms with van der Waals surface area (Å²) in [4.78, 5) is 10.8. The van der Waals surface area contributed by atoms with E-state index in [1.165, 1.54) is 11.1 Å². The summed E-state index contributed by atoms with van der Waals surface area (Å²) in [6.07, 6.45) is 0. The molecule has 0 amide bonds. The van der Waals surface area contributed by atoms with Crippen LogP contribution in [-0.4, -0.2) is 68.4 Å². The summed E-state index contributed by atoms with van der Waals surface area (Å²) >= 11 is 1.75. The zero-order valence-corrected chi connectivity index (χ0v) is 20.9. The van der Waals surface area contributed by atoms with Gasteiger partial charge >= 0.3 is 0 Å². The molecule has 33 heavy (non-hydrogen) atoms. The number of hydrogen-bond donors (Lipinski definition) is 0. The molecule has 178 valence electrons. The van der Waals surface area contributed by atoms with E-state index in [-0.39, 0.29) is 5.37 Å². The zero-order valence-electron chi connectivity index (χ0n) is 20.1. The van der Waals surface area contributed by atoms with E-state index < -0.39 is 0 Å². The molecule has 2 aromatic carbocycles. The van der Waals surface area contributed by atoms with Crippen LogP contribution in [0.3, 0.4) is 0 Å². The van der Waals surface area contributed by atoms with Gasteiger partial charge in [-0.05, 0) is 55.6 Å². The lowest BCUT2D eigenvalue weighted by Gasteiger charge is -2.32. The Kier molecular flexibility index (Phi) is 8.20. The van der Waals surface area contributed by atoms with Crippen LogP contribution < -0.4 is 9.47 Å². The Morgan fingerprint density at radius 3 is 2.42 bits per heavy atom. The smallest absolute Gasteiger partial charge is 0.161 e. The van der Waals surface area contributed by atoms with E-state index in [1.807, 2.05) is 25.0 Å². The monoisotopic (exact) mass is 469 g/mol. The number of rotatable bonds is 9. The molecule has 0 aromatic heterocycles. The van der Waals surface area contributed by atoms with Crippen molar-refractivity contribution >= 4 is 17.5 Å². The third kappa shape index (κ3) is 5.66. The summed E-state index contributed by atoms with van der Waals surface area (Å²) in [6.45, 7) is 10.7. The largest absolute Gasteiger partial charge is 0.490 e. The maximum Gasteiger partial charge on any atom is 0.161 e. The molecule has 0 radical (unpaired) electrons. The number of hydroxylamine groups is 2. The maximum atomic E-state index is 5.88. The molecule has 4 rings (SSSR count). The Hall–Kier alpha value is -2.19. The Balaban J connectivity index is 1.51. The molecular weight excluding hydrogens is 434 g/mol. The molecule has 1 fully saturated rings. The van der Waals surface area contributed by atoms with Gasteiger partial charge in [-0.15, -0.1) is 0 Å². The van der Waals surface area contributed by atoms with Crippen molar-refractivity contribution in [2.75, 3.05) is 53.6 Å². The predicted octanol–water partition coefficient (Wildman–Crippen LogP) is 4.84. The van der Waals surface area contributed by atoms with Crippen molar-refractivity contribution in [3.63, 3.8) is 0 Å². The average molecular weight is 470 g/mol. The van der Waals surface area contributed by atoms with Crippen molar-refractivity contribution in [2.45, 2.75) is 25.8 Å². The normalized spacial score (nSPS) is 19.6. The van der Waals surface area contributed by atoms with Gasteiger partial charge in [-0.3, -0.25) is 9.74 Å². The molecule has 2 heterocycles. The summed E-state index contributed by atoms with van der Waals surface area (Å²) in [7, 11) is 3.93. The third-order valence-corrected chi connectivity index (χ3v) is 7.11. The van der Waals surface area contributed by atoms with E-state index in [0.717, 1.165) is 55.5 Å². The van der Waals surface area contributed by atoms with E-state index in [9.17, 15) is 0 Å². The average Bonchev–Trinajstić information content (AvgIpc) is 3.26. The van der Waals surface area contributed by atoms with Crippen molar-refractivity contribution in [1.82, 2.24) is 14.9 Å². The van der Waals surface area contributed by atoms with Crippen LogP contribution in [0.25, 0.3) is 5.70 Å². The number of nitrogens with zero attached hydrogens (tertiary/aromatic N) is 3. The number of ether oxygens (including phenoxy) is 2. The summed E-state index contributed by atoms with van der Waals surface area (Å²) in [5, 5.41) is 4.20. The van der Waals surface area contributed by atoms with E-state index in [0.29, 0.717) is 13.2 Å². The van der Waals surface area contributed by atoms with Crippen LogP contribution >= 0.6 is 11.8 Å². The summed E-state index contributed by atoms with van der Waals surface area (Å²) in [6, 6.07) is 15.0. The summed E-state index contributed by atoms with van der Waals surface area (Å²) < 4.78 is 11.6. The third-order valence-electron chi connectivity index (χ3n) is 6.03. The number of benzene rings is 2. The van der Waals surface area contributed by atoms with Crippen LogP contribution in [0.2, 0.25) is 0 Å². The van der Waals surface area contributed by atoms with Gasteiger partial charge < -0.3 is 14.4 Å². The molecule has 1 saturated heterocycles. The standard InChI is InChI=1S/C26H35N3O3S/c1-5-31-24-11-10-22(17-25(24)32-6-2)26-29(30-4)23(19-33-26)21-9-7-8-20(16-21)18-28-14-12-27(3)13-15-28/h7-11,16-17,19,26H,5-6,12-15,18H2,1-4H3. The number of hydrogen-bond acceptors (Lipinski definition) is 7. The van der Waals surface area contributed by atoms with Crippen molar-refractivity contribution in [1.29, 1.82) is 0 Å². The molecule has 0 N–H and O–H groups in total. The van der Waals surface area contributed by atoms with Gasteiger partial charge in [-0.2, -0.15) is 0 Å². The minimum atomic E-state index is 0.0150. The Labute approximate surface area is 202 Å².